The van der Waals surface area contributed by atoms with Crippen molar-refractivity contribution < 1.29 is 67.5 Å². The Bertz CT molecular complexity index is 441. The molecule has 0 aromatic heterocycles. The molecule has 2 aromatic rings. The Balaban J connectivity index is 0.00000144. The third-order valence-corrected chi connectivity index (χ3v) is 4.96. The van der Waals surface area contributed by atoms with Gasteiger partial charge in [-0.1, -0.05) is 0 Å². The van der Waals surface area contributed by atoms with Crippen LogP contribution in [-0.2, 0) is 0 Å². The minimum atomic E-state index is -4.93. The fourth-order valence-electron chi connectivity index (χ4n) is 1.55. The molecule has 17 heavy (non-hydrogen) atoms. The van der Waals surface area contributed by atoms with E-state index in [1.807, 2.05) is 0 Å². The molecule has 0 radical (unpaired) electrons. The van der Waals surface area contributed by atoms with E-state index in [0.29, 0.717) is 0 Å². The molecule has 3 nitrogen and oxygen atoms in total. The maximum absolute atomic E-state index is 10.2. The summed E-state index contributed by atoms with van der Waals surface area (Å²) in [5.41, 5.74) is 0. The molecule has 0 unspecified atom stereocenters. The van der Waals surface area contributed by atoms with E-state index in [0.717, 1.165) is 0 Å². The molecular formula is C12H14KO3P. The fraction of sp³-hybridized carbons (Fsp3) is 0. The van der Waals surface area contributed by atoms with E-state index >= 15 is 0 Å². The number of rotatable bonds is 2. The van der Waals surface area contributed by atoms with Crippen LogP contribution in [-0.4, -0.2) is 14.7 Å². The maximum atomic E-state index is 10.2. The van der Waals surface area contributed by atoms with Crippen LogP contribution in [0.2, 0.25) is 0 Å². The quantitative estimate of drug-likeness (QED) is 0.440. The Labute approximate surface area is 144 Å². The molecule has 0 bridgehead atoms. The second-order valence-electron chi connectivity index (χ2n) is 3.65. The molecular weight excluding hydrogens is 262 g/mol. The minimum Gasteiger partial charge on any atom is -1.00 e. The topological polar surface area (TPSA) is 60.7 Å². The fourth-order valence-corrected chi connectivity index (χ4v) is 3.29. The van der Waals surface area contributed by atoms with E-state index in [1.165, 1.54) is 24.3 Å². The van der Waals surface area contributed by atoms with Gasteiger partial charge in [-0.25, -0.2) is 0 Å². The van der Waals surface area contributed by atoms with Gasteiger partial charge in [0.15, 0.2) is 0 Å². The molecule has 86 valence electrons. The van der Waals surface area contributed by atoms with E-state index in [9.17, 15) is 14.7 Å². The molecule has 2 rings (SSSR count). The van der Waals surface area contributed by atoms with Crippen LogP contribution in [0.5, 0.6) is 0 Å². The zero-order chi connectivity index (χ0) is 11.7. The van der Waals surface area contributed by atoms with Gasteiger partial charge in [0.2, 0.25) is 0 Å². The summed E-state index contributed by atoms with van der Waals surface area (Å²) in [7, 11) is -4.93. The summed E-state index contributed by atoms with van der Waals surface area (Å²) in [6.07, 6.45) is 0. The molecule has 0 spiro atoms. The van der Waals surface area contributed by atoms with Gasteiger partial charge in [0.05, 0.1) is 0 Å². The van der Waals surface area contributed by atoms with Crippen molar-refractivity contribution in [3.8, 4) is 0 Å². The van der Waals surface area contributed by atoms with Crippen molar-refractivity contribution in [3.63, 3.8) is 0 Å². The first-order valence-corrected chi connectivity index (χ1v) is 6.96. The molecule has 0 fully saturated rings. The van der Waals surface area contributed by atoms with Crippen molar-refractivity contribution in [2.75, 3.05) is 0 Å². The zero-order valence-corrected chi connectivity index (χ0v) is 13.6. The Hall–Kier alpha value is 0.386. The summed E-state index contributed by atoms with van der Waals surface area (Å²) >= 11 is 0. The van der Waals surface area contributed by atoms with Crippen molar-refractivity contribution >= 4 is 17.9 Å². The molecule has 0 atom stereocenters. The molecule has 3 N–H and O–H groups in total. The number of hydrogen-bond acceptors (Lipinski definition) is 3. The first kappa shape index (κ1) is 15.4. The van der Waals surface area contributed by atoms with Gasteiger partial charge < -0.3 is 1.43 Å². The van der Waals surface area contributed by atoms with Gasteiger partial charge >= 0.3 is 145 Å². The van der Waals surface area contributed by atoms with Gasteiger partial charge in [0, 0.05) is 0 Å². The van der Waals surface area contributed by atoms with Gasteiger partial charge in [-0.2, -0.15) is 0 Å². The van der Waals surface area contributed by atoms with Crippen LogP contribution in [0.25, 0.3) is 0 Å². The van der Waals surface area contributed by atoms with Crippen LogP contribution in [0.1, 0.15) is 1.43 Å². The third-order valence-electron chi connectivity index (χ3n) is 2.46. The number of hydrogen-bond donors (Lipinski definition) is 3. The standard InChI is InChI=1S/C12H13O3P.K.H/c13-16(14,15,11-7-3-1-4-8-11)12-9-5-2-6-10-12;;/h1-10,13-15H;;/q;+1;-1. The van der Waals surface area contributed by atoms with Crippen LogP contribution >= 0.6 is 7.28 Å². The van der Waals surface area contributed by atoms with E-state index in [-0.39, 0.29) is 63.4 Å². The minimum absolute atomic E-state index is 0. The summed E-state index contributed by atoms with van der Waals surface area (Å²) in [5, 5.41) is 0.277. The molecule has 5 heteroatoms. The summed E-state index contributed by atoms with van der Waals surface area (Å²) in [6, 6.07) is 16.1. The molecule has 0 heterocycles. The van der Waals surface area contributed by atoms with Crippen molar-refractivity contribution in [2.24, 2.45) is 0 Å². The molecule has 0 aliphatic rings. The van der Waals surface area contributed by atoms with Gasteiger partial charge in [-0.05, 0) is 0 Å². The number of benzene rings is 2. The van der Waals surface area contributed by atoms with E-state index in [4.69, 9.17) is 0 Å². The predicted octanol–water partition coefficient (Wildman–Crippen LogP) is -1.97. The van der Waals surface area contributed by atoms with Crippen molar-refractivity contribution in [1.29, 1.82) is 0 Å². The summed E-state index contributed by atoms with van der Waals surface area (Å²) < 4.78 is 0. The van der Waals surface area contributed by atoms with Crippen LogP contribution < -0.4 is 62.0 Å². The normalized spacial score (nSPS) is 13.2. The predicted molar refractivity (Wildman–Crippen MR) is 66.8 cm³/mol. The van der Waals surface area contributed by atoms with Gasteiger partial charge in [-0.15, -0.1) is 0 Å². The smallest absolute Gasteiger partial charge is 1.00 e. The monoisotopic (exact) mass is 276 g/mol. The van der Waals surface area contributed by atoms with Gasteiger partial charge in [0.1, 0.15) is 0 Å². The Morgan fingerprint density at radius 3 is 1.24 bits per heavy atom. The maximum Gasteiger partial charge on any atom is 1.00 e. The van der Waals surface area contributed by atoms with Crippen molar-refractivity contribution in [3.05, 3.63) is 60.7 Å². The first-order chi connectivity index (χ1) is 7.49. The molecule has 0 saturated carbocycles. The van der Waals surface area contributed by atoms with E-state index in [2.05, 4.69) is 0 Å². The Morgan fingerprint density at radius 2 is 0.941 bits per heavy atom. The average molecular weight is 276 g/mol. The summed E-state index contributed by atoms with van der Waals surface area (Å²) in [6.45, 7) is 0. The molecule has 2 aromatic carbocycles. The Morgan fingerprint density at radius 1 is 0.647 bits per heavy atom. The second kappa shape index (κ2) is 5.57. The Kier molecular flexibility index (Phi) is 5.06. The van der Waals surface area contributed by atoms with Crippen LogP contribution in [0, 0.1) is 0 Å². The van der Waals surface area contributed by atoms with Gasteiger partial charge in [-0.3, -0.25) is 0 Å². The van der Waals surface area contributed by atoms with Crippen molar-refractivity contribution in [1.82, 2.24) is 0 Å². The van der Waals surface area contributed by atoms with Gasteiger partial charge in [0.25, 0.3) is 0 Å². The average Bonchev–Trinajstić information content (AvgIpc) is 2.31. The zero-order valence-electron chi connectivity index (χ0n) is 10.6. The SMILES string of the molecule is OP(O)(O)(c1ccccc1)c1ccccc1.[H-].[K+]. The third kappa shape index (κ3) is 3.23. The molecule has 0 amide bonds. The van der Waals surface area contributed by atoms with Crippen molar-refractivity contribution in [2.45, 2.75) is 0 Å². The molecule has 0 aliphatic heterocycles. The van der Waals surface area contributed by atoms with Crippen LogP contribution in [0.3, 0.4) is 0 Å². The summed E-state index contributed by atoms with van der Waals surface area (Å²) in [5.74, 6) is 0. The summed E-state index contributed by atoms with van der Waals surface area (Å²) in [4.78, 5) is 30.5. The molecule has 0 aliphatic carbocycles. The van der Waals surface area contributed by atoms with Crippen LogP contribution in [0.15, 0.2) is 60.7 Å². The first-order valence-electron chi connectivity index (χ1n) is 4.87. The van der Waals surface area contributed by atoms with E-state index < -0.39 is 7.28 Å². The second-order valence-corrected chi connectivity index (χ2v) is 6.64. The van der Waals surface area contributed by atoms with Crippen LogP contribution in [0.4, 0.5) is 0 Å². The van der Waals surface area contributed by atoms with E-state index in [1.54, 1.807) is 36.4 Å². The molecule has 0 saturated heterocycles. The largest absolute Gasteiger partial charge is 1.00 e.